The van der Waals surface area contributed by atoms with Crippen molar-refractivity contribution in [1.82, 2.24) is 10.2 Å². The zero-order valence-electron chi connectivity index (χ0n) is 13.5. The van der Waals surface area contributed by atoms with Gasteiger partial charge in [0.15, 0.2) is 0 Å². The highest BCUT2D eigenvalue weighted by atomic mass is 15.1. The van der Waals surface area contributed by atoms with Crippen LogP contribution in [0.25, 0.3) is 0 Å². The Hall–Kier alpha value is -0.860. The van der Waals surface area contributed by atoms with Crippen LogP contribution in [-0.2, 0) is 0 Å². The number of nitrogens with zero attached hydrogens (tertiary/aromatic N) is 1. The van der Waals surface area contributed by atoms with E-state index in [1.54, 1.807) is 0 Å². The number of nitrogens with one attached hydrogen (secondary N) is 1. The molecule has 1 fully saturated rings. The maximum absolute atomic E-state index is 3.72. The quantitative estimate of drug-likeness (QED) is 0.779. The van der Waals surface area contributed by atoms with Gasteiger partial charge in [0.05, 0.1) is 0 Å². The van der Waals surface area contributed by atoms with Crippen LogP contribution in [0.2, 0.25) is 0 Å². The van der Waals surface area contributed by atoms with Gasteiger partial charge < -0.3 is 10.2 Å². The Labute approximate surface area is 124 Å². The average molecular weight is 274 g/mol. The molecule has 0 bridgehead atoms. The number of hydrogen-bond acceptors (Lipinski definition) is 2. The fraction of sp³-hybridized carbons (Fsp3) is 0.667. The molecule has 0 radical (unpaired) electrons. The predicted octanol–water partition coefficient (Wildman–Crippen LogP) is 3.62. The second-order valence-electron chi connectivity index (χ2n) is 6.56. The number of benzene rings is 1. The van der Waals surface area contributed by atoms with Gasteiger partial charge in [0.1, 0.15) is 0 Å². The van der Waals surface area contributed by atoms with Gasteiger partial charge in [-0.2, -0.15) is 0 Å². The average Bonchev–Trinajstić information content (AvgIpc) is 3.10. The second-order valence-corrected chi connectivity index (χ2v) is 6.56. The number of aryl methyl sites for hydroxylation is 1. The molecule has 1 aliphatic rings. The molecule has 2 heteroatoms. The first kappa shape index (κ1) is 15.5. The summed E-state index contributed by atoms with van der Waals surface area (Å²) in [5.41, 5.74) is 2.85. The minimum Gasteiger partial charge on any atom is -0.309 e. The van der Waals surface area contributed by atoms with E-state index >= 15 is 0 Å². The number of hydrogen-bond donors (Lipinski definition) is 1. The van der Waals surface area contributed by atoms with E-state index in [-0.39, 0.29) is 0 Å². The van der Waals surface area contributed by atoms with Crippen molar-refractivity contribution in [3.63, 3.8) is 0 Å². The van der Waals surface area contributed by atoms with Crippen LogP contribution < -0.4 is 5.32 Å². The fourth-order valence-corrected chi connectivity index (χ4v) is 3.01. The highest BCUT2D eigenvalue weighted by Crippen LogP contribution is 2.38. The lowest BCUT2D eigenvalue weighted by Crippen LogP contribution is -2.35. The smallest absolute Gasteiger partial charge is 0.0451 e. The Balaban J connectivity index is 1.97. The van der Waals surface area contributed by atoms with Crippen molar-refractivity contribution in [2.24, 2.45) is 11.8 Å². The monoisotopic (exact) mass is 274 g/mol. The minimum absolute atomic E-state index is 0.454. The molecule has 0 saturated heterocycles. The summed E-state index contributed by atoms with van der Waals surface area (Å²) >= 11 is 0. The summed E-state index contributed by atoms with van der Waals surface area (Å²) in [6.07, 6.45) is 2.60. The van der Waals surface area contributed by atoms with E-state index in [4.69, 9.17) is 0 Å². The molecule has 0 aromatic heterocycles. The summed E-state index contributed by atoms with van der Waals surface area (Å²) in [6.45, 7) is 10.3. The Kier molecular flexibility index (Phi) is 5.62. The molecular weight excluding hydrogens is 244 g/mol. The highest BCUT2D eigenvalue weighted by molar-refractivity contribution is 5.29. The highest BCUT2D eigenvalue weighted by Gasteiger charge is 2.33. The van der Waals surface area contributed by atoms with Gasteiger partial charge in [-0.05, 0) is 56.3 Å². The minimum atomic E-state index is 0.454. The molecule has 0 aliphatic heterocycles. The molecule has 20 heavy (non-hydrogen) atoms. The molecule has 1 aliphatic carbocycles. The lowest BCUT2D eigenvalue weighted by atomic mass is 10.0. The van der Waals surface area contributed by atoms with Crippen LogP contribution in [0, 0.1) is 18.8 Å². The molecule has 2 nitrogen and oxygen atoms in total. The van der Waals surface area contributed by atoms with Crippen molar-refractivity contribution in [3.05, 3.63) is 35.4 Å². The van der Waals surface area contributed by atoms with E-state index in [2.05, 4.69) is 62.3 Å². The molecule has 112 valence electrons. The van der Waals surface area contributed by atoms with Crippen LogP contribution in [0.3, 0.4) is 0 Å². The van der Waals surface area contributed by atoms with E-state index in [0.29, 0.717) is 6.04 Å². The third-order valence-corrected chi connectivity index (χ3v) is 4.52. The molecule has 1 aromatic rings. The lowest BCUT2D eigenvalue weighted by Gasteiger charge is -2.26. The Morgan fingerprint density at radius 2 is 2.05 bits per heavy atom. The van der Waals surface area contributed by atoms with E-state index in [9.17, 15) is 0 Å². The van der Waals surface area contributed by atoms with Crippen molar-refractivity contribution in [2.45, 2.75) is 39.7 Å². The summed E-state index contributed by atoms with van der Waals surface area (Å²) in [5.74, 6) is 1.88. The SMILES string of the molecule is CCCNC(CN(C)CC1CC1C)c1ccccc1C. The van der Waals surface area contributed by atoms with Crippen molar-refractivity contribution in [3.8, 4) is 0 Å². The van der Waals surface area contributed by atoms with Gasteiger partial charge in [0.25, 0.3) is 0 Å². The zero-order valence-corrected chi connectivity index (χ0v) is 13.5. The normalized spacial score (nSPS) is 23.1. The first-order valence-corrected chi connectivity index (χ1v) is 8.09. The molecule has 0 amide bonds. The van der Waals surface area contributed by atoms with Crippen LogP contribution >= 0.6 is 0 Å². The number of likely N-dealkylation sites (N-methyl/N-ethyl adjacent to an activating group) is 1. The van der Waals surface area contributed by atoms with Crippen LogP contribution in [0.15, 0.2) is 24.3 Å². The summed E-state index contributed by atoms with van der Waals surface area (Å²) in [4.78, 5) is 2.51. The van der Waals surface area contributed by atoms with E-state index in [0.717, 1.165) is 24.9 Å². The van der Waals surface area contributed by atoms with Gasteiger partial charge in [-0.25, -0.2) is 0 Å². The van der Waals surface area contributed by atoms with Crippen molar-refractivity contribution in [2.75, 3.05) is 26.7 Å². The Morgan fingerprint density at radius 3 is 2.65 bits per heavy atom. The largest absolute Gasteiger partial charge is 0.309 e. The van der Waals surface area contributed by atoms with E-state index in [1.807, 2.05) is 0 Å². The van der Waals surface area contributed by atoms with Gasteiger partial charge in [0.2, 0.25) is 0 Å². The van der Waals surface area contributed by atoms with Crippen LogP contribution in [0.4, 0.5) is 0 Å². The topological polar surface area (TPSA) is 15.3 Å². The summed E-state index contributed by atoms with van der Waals surface area (Å²) in [7, 11) is 2.27. The number of rotatable bonds is 8. The zero-order chi connectivity index (χ0) is 14.5. The fourth-order valence-electron chi connectivity index (χ4n) is 3.01. The Bertz CT molecular complexity index is 416. The van der Waals surface area contributed by atoms with Gasteiger partial charge in [-0.3, -0.25) is 0 Å². The molecule has 0 spiro atoms. The molecule has 3 atom stereocenters. The summed E-state index contributed by atoms with van der Waals surface area (Å²) in [6, 6.07) is 9.24. The summed E-state index contributed by atoms with van der Waals surface area (Å²) < 4.78 is 0. The first-order chi connectivity index (χ1) is 9.61. The van der Waals surface area contributed by atoms with Gasteiger partial charge in [-0.15, -0.1) is 0 Å². The maximum atomic E-state index is 3.72. The van der Waals surface area contributed by atoms with E-state index < -0.39 is 0 Å². The molecule has 3 unspecified atom stereocenters. The standard InChI is InChI=1S/C18H30N2/c1-5-10-19-18(17-9-7-6-8-14(17)2)13-20(4)12-16-11-15(16)3/h6-9,15-16,18-19H,5,10-13H2,1-4H3. The van der Waals surface area contributed by atoms with Crippen LogP contribution in [-0.4, -0.2) is 31.6 Å². The predicted molar refractivity (Wildman–Crippen MR) is 87.0 cm³/mol. The molecule has 0 heterocycles. The first-order valence-electron chi connectivity index (χ1n) is 8.09. The van der Waals surface area contributed by atoms with Crippen molar-refractivity contribution >= 4 is 0 Å². The molecule has 2 rings (SSSR count). The van der Waals surface area contributed by atoms with Gasteiger partial charge >= 0.3 is 0 Å². The van der Waals surface area contributed by atoms with Gasteiger partial charge in [-0.1, -0.05) is 38.1 Å². The lowest BCUT2D eigenvalue weighted by molar-refractivity contribution is 0.276. The molecular formula is C18H30N2. The van der Waals surface area contributed by atoms with E-state index in [1.165, 1.54) is 30.5 Å². The van der Waals surface area contributed by atoms with Crippen LogP contribution in [0.1, 0.15) is 43.9 Å². The Morgan fingerprint density at radius 1 is 1.35 bits per heavy atom. The molecule has 1 N–H and O–H groups in total. The van der Waals surface area contributed by atoms with Crippen molar-refractivity contribution in [1.29, 1.82) is 0 Å². The second kappa shape index (κ2) is 7.24. The summed E-state index contributed by atoms with van der Waals surface area (Å²) in [5, 5.41) is 3.72. The van der Waals surface area contributed by atoms with Gasteiger partial charge in [0, 0.05) is 19.1 Å². The van der Waals surface area contributed by atoms with Crippen molar-refractivity contribution < 1.29 is 0 Å². The third-order valence-electron chi connectivity index (χ3n) is 4.52. The maximum Gasteiger partial charge on any atom is 0.0451 e. The van der Waals surface area contributed by atoms with Crippen LogP contribution in [0.5, 0.6) is 0 Å². The molecule has 1 saturated carbocycles. The molecule has 1 aromatic carbocycles. The third kappa shape index (κ3) is 4.32.